The van der Waals surface area contributed by atoms with Gasteiger partial charge in [-0.15, -0.1) is 0 Å². The zero-order valence-corrected chi connectivity index (χ0v) is 14.3. The van der Waals surface area contributed by atoms with Crippen LogP contribution < -0.4 is 0 Å². The number of fused-ring (bicyclic) bond motifs is 5. The van der Waals surface area contributed by atoms with Gasteiger partial charge in [-0.1, -0.05) is 6.92 Å². The second kappa shape index (κ2) is 4.70. The largest absolute Gasteiger partial charge is 0.390 e. The van der Waals surface area contributed by atoms with Crippen LogP contribution in [0.15, 0.2) is 11.6 Å². The molecule has 3 fully saturated rings. The second-order valence-corrected chi connectivity index (χ2v) is 8.90. The number of nitriles is 1. The minimum atomic E-state index is -0.568. The summed E-state index contributed by atoms with van der Waals surface area (Å²) in [6.45, 7) is 4.29. The maximum atomic E-state index is 11.8. The van der Waals surface area contributed by atoms with Gasteiger partial charge >= 0.3 is 0 Å². The fourth-order valence-corrected chi connectivity index (χ4v) is 6.67. The van der Waals surface area contributed by atoms with Crippen molar-refractivity contribution in [3.8, 4) is 6.07 Å². The molecule has 0 bridgehead atoms. The summed E-state index contributed by atoms with van der Waals surface area (Å²) in [7, 11) is 0. The number of ketones is 1. The average molecular weight is 313 g/mol. The van der Waals surface area contributed by atoms with Crippen LogP contribution in [-0.4, -0.2) is 16.5 Å². The quantitative estimate of drug-likeness (QED) is 0.740. The molecule has 3 nitrogen and oxygen atoms in total. The lowest BCUT2D eigenvalue weighted by Gasteiger charge is -2.57. The number of rotatable bonds is 0. The van der Waals surface area contributed by atoms with E-state index in [4.69, 9.17) is 0 Å². The topological polar surface area (TPSA) is 61.1 Å². The van der Waals surface area contributed by atoms with Crippen LogP contribution in [0.4, 0.5) is 0 Å². The molecule has 0 saturated heterocycles. The van der Waals surface area contributed by atoms with Gasteiger partial charge < -0.3 is 5.11 Å². The molecular weight excluding hydrogens is 286 g/mol. The number of nitrogens with zero attached hydrogens (tertiary/aromatic N) is 1. The van der Waals surface area contributed by atoms with E-state index in [1.165, 1.54) is 0 Å². The van der Waals surface area contributed by atoms with E-state index >= 15 is 0 Å². The Morgan fingerprint density at radius 1 is 1.13 bits per heavy atom. The predicted octanol–water partition coefficient (Wildman–Crippen LogP) is 3.77. The number of hydrogen-bond acceptors (Lipinski definition) is 3. The Kier molecular flexibility index (Phi) is 3.14. The Labute approximate surface area is 138 Å². The minimum absolute atomic E-state index is 0.00346. The van der Waals surface area contributed by atoms with E-state index in [0.29, 0.717) is 24.2 Å². The second-order valence-electron chi connectivity index (χ2n) is 8.90. The highest BCUT2D eigenvalue weighted by atomic mass is 16.3. The zero-order chi connectivity index (χ0) is 16.5. The fraction of sp³-hybridized carbons (Fsp3) is 0.800. The highest BCUT2D eigenvalue weighted by molar-refractivity contribution is 5.92. The molecule has 0 aromatic rings. The SMILES string of the molecule is C[C@]1(O)CC[C@H]2[C@@H]3CCC4=CC(=O)CC[C@]4(C#N)[C@H]3CC[C@@]21C. The first-order chi connectivity index (χ1) is 10.8. The summed E-state index contributed by atoms with van der Waals surface area (Å²) in [5.74, 6) is 1.65. The van der Waals surface area contributed by atoms with E-state index in [0.717, 1.165) is 50.5 Å². The van der Waals surface area contributed by atoms with Crippen molar-refractivity contribution in [2.75, 3.05) is 0 Å². The third-order valence-corrected chi connectivity index (χ3v) is 8.25. The number of allylic oxidation sites excluding steroid dienone is 1. The number of hydrogen-bond donors (Lipinski definition) is 1. The Bertz CT molecular complexity index is 628. The molecule has 4 aliphatic rings. The average Bonchev–Trinajstić information content (AvgIpc) is 2.77. The van der Waals surface area contributed by atoms with Crippen molar-refractivity contribution in [1.29, 1.82) is 5.26 Å². The van der Waals surface area contributed by atoms with Gasteiger partial charge in [0.25, 0.3) is 0 Å². The highest BCUT2D eigenvalue weighted by Gasteiger charge is 2.63. The first-order valence-electron chi connectivity index (χ1n) is 9.22. The molecule has 4 rings (SSSR count). The van der Waals surface area contributed by atoms with E-state index in [9.17, 15) is 15.2 Å². The molecule has 4 aliphatic carbocycles. The summed E-state index contributed by atoms with van der Waals surface area (Å²) in [5.41, 5.74) is 0.148. The normalized spacial score (nSPS) is 52.0. The molecule has 124 valence electrons. The minimum Gasteiger partial charge on any atom is -0.390 e. The van der Waals surface area contributed by atoms with Crippen molar-refractivity contribution in [3.63, 3.8) is 0 Å². The van der Waals surface area contributed by atoms with Crippen LogP contribution in [0, 0.1) is 39.9 Å². The van der Waals surface area contributed by atoms with E-state index < -0.39 is 11.0 Å². The highest BCUT2D eigenvalue weighted by Crippen LogP contribution is 2.67. The smallest absolute Gasteiger partial charge is 0.155 e. The van der Waals surface area contributed by atoms with Gasteiger partial charge in [-0.05, 0) is 86.7 Å². The summed E-state index contributed by atoms with van der Waals surface area (Å²) in [6, 6.07) is 2.67. The summed E-state index contributed by atoms with van der Waals surface area (Å²) in [5, 5.41) is 21.0. The maximum Gasteiger partial charge on any atom is 0.155 e. The molecular formula is C20H27NO2. The third-order valence-electron chi connectivity index (χ3n) is 8.25. The van der Waals surface area contributed by atoms with Crippen LogP contribution in [0.2, 0.25) is 0 Å². The molecule has 0 amide bonds. The van der Waals surface area contributed by atoms with Gasteiger partial charge in [0.05, 0.1) is 17.1 Å². The molecule has 0 unspecified atom stereocenters. The Balaban J connectivity index is 1.74. The lowest BCUT2D eigenvalue weighted by Crippen LogP contribution is -2.54. The molecule has 0 aromatic heterocycles. The van der Waals surface area contributed by atoms with Crippen molar-refractivity contribution in [3.05, 3.63) is 11.6 Å². The number of aliphatic hydroxyl groups is 1. The summed E-state index contributed by atoms with van der Waals surface area (Å²) >= 11 is 0. The van der Waals surface area contributed by atoms with Crippen LogP contribution in [-0.2, 0) is 4.79 Å². The van der Waals surface area contributed by atoms with Gasteiger partial charge in [0.15, 0.2) is 5.78 Å². The Morgan fingerprint density at radius 3 is 2.61 bits per heavy atom. The first kappa shape index (κ1) is 15.4. The number of carbonyl (C=O) groups is 1. The molecule has 0 spiro atoms. The van der Waals surface area contributed by atoms with Crippen molar-refractivity contribution in [2.45, 2.75) is 70.8 Å². The molecule has 6 atom stereocenters. The zero-order valence-electron chi connectivity index (χ0n) is 14.3. The lowest BCUT2D eigenvalue weighted by molar-refractivity contribution is -0.121. The van der Waals surface area contributed by atoms with Crippen molar-refractivity contribution >= 4 is 5.78 Å². The summed E-state index contributed by atoms with van der Waals surface area (Å²) in [6.07, 6.45) is 9.03. The standard InChI is InChI=1S/C20H27NO2/c1-18-8-6-17-15(16(18)7-9-19(18,2)23)4-3-13-11-14(22)5-10-20(13,17)12-21/h11,15-17,23H,3-10H2,1-2H3/t15-,16-,17-,18-,19-,20+/m0/s1. The van der Waals surface area contributed by atoms with Crippen LogP contribution >= 0.6 is 0 Å². The Morgan fingerprint density at radius 2 is 1.87 bits per heavy atom. The van der Waals surface area contributed by atoms with E-state index in [1.54, 1.807) is 6.08 Å². The molecule has 23 heavy (non-hydrogen) atoms. The van der Waals surface area contributed by atoms with Gasteiger partial charge in [-0.2, -0.15) is 5.26 Å². The summed E-state index contributed by atoms with van der Waals surface area (Å²) in [4.78, 5) is 11.8. The van der Waals surface area contributed by atoms with E-state index in [-0.39, 0.29) is 11.2 Å². The first-order valence-corrected chi connectivity index (χ1v) is 9.22. The Hall–Kier alpha value is -1.14. The van der Waals surface area contributed by atoms with Crippen LogP contribution in [0.1, 0.15) is 65.2 Å². The number of carbonyl (C=O) groups excluding carboxylic acids is 1. The van der Waals surface area contributed by atoms with Crippen LogP contribution in [0.25, 0.3) is 0 Å². The molecule has 0 radical (unpaired) electrons. The van der Waals surface area contributed by atoms with Gasteiger partial charge in [0.1, 0.15) is 0 Å². The van der Waals surface area contributed by atoms with Crippen molar-refractivity contribution in [1.82, 2.24) is 0 Å². The maximum absolute atomic E-state index is 11.8. The van der Waals surface area contributed by atoms with Gasteiger partial charge in [0, 0.05) is 6.42 Å². The van der Waals surface area contributed by atoms with Gasteiger partial charge in [-0.25, -0.2) is 0 Å². The van der Waals surface area contributed by atoms with E-state index in [2.05, 4.69) is 13.0 Å². The summed E-state index contributed by atoms with van der Waals surface area (Å²) < 4.78 is 0. The monoisotopic (exact) mass is 313 g/mol. The van der Waals surface area contributed by atoms with Crippen molar-refractivity contribution < 1.29 is 9.90 Å². The van der Waals surface area contributed by atoms with E-state index in [1.807, 2.05) is 6.92 Å². The van der Waals surface area contributed by atoms with Gasteiger partial charge in [0.2, 0.25) is 0 Å². The molecule has 0 aromatic carbocycles. The predicted molar refractivity (Wildman–Crippen MR) is 87.3 cm³/mol. The molecule has 1 N–H and O–H groups in total. The van der Waals surface area contributed by atoms with Crippen molar-refractivity contribution in [2.24, 2.45) is 28.6 Å². The molecule has 0 aliphatic heterocycles. The fourth-order valence-electron chi connectivity index (χ4n) is 6.67. The third kappa shape index (κ3) is 1.82. The molecule has 0 heterocycles. The lowest BCUT2D eigenvalue weighted by atomic mass is 9.46. The molecule has 3 heteroatoms. The van der Waals surface area contributed by atoms with Crippen LogP contribution in [0.3, 0.4) is 0 Å². The van der Waals surface area contributed by atoms with Crippen LogP contribution in [0.5, 0.6) is 0 Å². The molecule has 3 saturated carbocycles. The van der Waals surface area contributed by atoms with Gasteiger partial charge in [-0.3, -0.25) is 4.79 Å².